The summed E-state index contributed by atoms with van der Waals surface area (Å²) in [6, 6.07) is 4.97. The minimum absolute atomic E-state index is 0.0695. The molecule has 0 fully saturated rings. The lowest BCUT2D eigenvalue weighted by Gasteiger charge is -2.30. The summed E-state index contributed by atoms with van der Waals surface area (Å²) >= 11 is 2.84. The molecule has 0 aliphatic carbocycles. The number of aromatic nitrogens is 2. The average Bonchev–Trinajstić information content (AvgIpc) is 3.04. The normalized spacial score (nSPS) is 14.2. The number of fused-ring (bicyclic) bond motifs is 2. The summed E-state index contributed by atoms with van der Waals surface area (Å²) in [5.41, 5.74) is 8.87. The van der Waals surface area contributed by atoms with E-state index in [1.807, 2.05) is 13.8 Å². The highest BCUT2D eigenvalue weighted by Crippen LogP contribution is 2.34. The third-order valence-corrected chi connectivity index (χ3v) is 9.35. The number of nitrogens with zero attached hydrogens (tertiary/aromatic N) is 4. The fourth-order valence-electron chi connectivity index (χ4n) is 3.73. The highest BCUT2D eigenvalue weighted by molar-refractivity contribution is 7.99. The Labute approximate surface area is 195 Å². The third-order valence-electron chi connectivity index (χ3n) is 5.61. The van der Waals surface area contributed by atoms with Crippen molar-refractivity contribution in [2.24, 2.45) is 0 Å². The zero-order valence-electron chi connectivity index (χ0n) is 18.4. The number of nitrogens with two attached hydrogens (primary N) is 1. The van der Waals surface area contributed by atoms with Gasteiger partial charge in [-0.05, 0) is 56.0 Å². The van der Waals surface area contributed by atoms with Crippen molar-refractivity contribution in [2.75, 3.05) is 37.0 Å². The molecular weight excluding hydrogens is 466 g/mol. The van der Waals surface area contributed by atoms with Gasteiger partial charge in [-0.2, -0.15) is 0 Å². The van der Waals surface area contributed by atoms with E-state index in [9.17, 15) is 13.2 Å². The van der Waals surface area contributed by atoms with Crippen molar-refractivity contribution >= 4 is 60.8 Å². The number of thiophene rings is 1. The number of benzene rings is 1. The summed E-state index contributed by atoms with van der Waals surface area (Å²) < 4.78 is 26.1. The van der Waals surface area contributed by atoms with Crippen LogP contribution in [-0.4, -0.2) is 55.0 Å². The SMILES string of the molecule is Cc1sc2nc(SCC(=O)N3CCCc4cc(S(=O)(=O)N(C)C)ccc43)nc(N)c2c1C. The zero-order valence-corrected chi connectivity index (χ0v) is 20.8. The van der Waals surface area contributed by atoms with E-state index in [0.717, 1.165) is 44.7 Å². The molecule has 11 heteroatoms. The summed E-state index contributed by atoms with van der Waals surface area (Å²) in [6.07, 6.45) is 1.51. The molecule has 0 spiro atoms. The topological polar surface area (TPSA) is 109 Å². The zero-order chi connectivity index (χ0) is 23.2. The van der Waals surface area contributed by atoms with Gasteiger partial charge in [0, 0.05) is 31.2 Å². The van der Waals surface area contributed by atoms with E-state index in [2.05, 4.69) is 9.97 Å². The van der Waals surface area contributed by atoms with Crippen molar-refractivity contribution in [1.29, 1.82) is 0 Å². The molecule has 32 heavy (non-hydrogen) atoms. The van der Waals surface area contributed by atoms with E-state index in [1.54, 1.807) is 34.4 Å². The van der Waals surface area contributed by atoms with Gasteiger partial charge in [0.2, 0.25) is 15.9 Å². The van der Waals surface area contributed by atoms with Gasteiger partial charge >= 0.3 is 0 Å². The van der Waals surface area contributed by atoms with Crippen LogP contribution < -0.4 is 10.6 Å². The Morgan fingerprint density at radius 1 is 1.28 bits per heavy atom. The van der Waals surface area contributed by atoms with Crippen LogP contribution in [0.2, 0.25) is 0 Å². The monoisotopic (exact) mass is 491 g/mol. The molecule has 1 aliphatic rings. The molecule has 3 heterocycles. The lowest BCUT2D eigenvalue weighted by molar-refractivity contribution is -0.116. The predicted octanol–water partition coefficient (Wildman–Crippen LogP) is 3.21. The lowest BCUT2D eigenvalue weighted by atomic mass is 10.0. The van der Waals surface area contributed by atoms with Gasteiger partial charge in [0.1, 0.15) is 10.6 Å². The molecule has 0 saturated carbocycles. The number of thioether (sulfide) groups is 1. The van der Waals surface area contributed by atoms with Crippen LogP contribution in [0.5, 0.6) is 0 Å². The highest BCUT2D eigenvalue weighted by Gasteiger charge is 2.26. The van der Waals surface area contributed by atoms with E-state index in [0.29, 0.717) is 17.5 Å². The van der Waals surface area contributed by atoms with Gasteiger partial charge in [0.05, 0.1) is 16.0 Å². The van der Waals surface area contributed by atoms with Gasteiger partial charge in [0.15, 0.2) is 5.16 Å². The first-order valence-corrected chi connectivity index (χ1v) is 13.4. The Balaban J connectivity index is 1.54. The van der Waals surface area contributed by atoms with Crippen LogP contribution in [-0.2, 0) is 21.2 Å². The maximum atomic E-state index is 13.0. The maximum Gasteiger partial charge on any atom is 0.242 e. The number of rotatable bonds is 5. The number of nitrogen functional groups attached to an aromatic ring is 1. The second kappa shape index (κ2) is 8.62. The molecule has 0 atom stereocenters. The first-order chi connectivity index (χ1) is 15.1. The summed E-state index contributed by atoms with van der Waals surface area (Å²) in [5, 5.41) is 1.37. The molecule has 0 bridgehead atoms. The minimum atomic E-state index is -3.52. The van der Waals surface area contributed by atoms with Gasteiger partial charge in [-0.1, -0.05) is 11.8 Å². The van der Waals surface area contributed by atoms with Gasteiger partial charge in [0.25, 0.3) is 0 Å². The van der Waals surface area contributed by atoms with Crippen LogP contribution in [0.1, 0.15) is 22.4 Å². The summed E-state index contributed by atoms with van der Waals surface area (Å²) in [5.74, 6) is 0.538. The van der Waals surface area contributed by atoms with Crippen LogP contribution in [0.3, 0.4) is 0 Å². The fraction of sp³-hybridized carbons (Fsp3) is 0.381. The van der Waals surface area contributed by atoms with Gasteiger partial charge in [-0.25, -0.2) is 22.7 Å². The van der Waals surface area contributed by atoms with E-state index in [-0.39, 0.29) is 16.6 Å². The number of amides is 1. The standard InChI is InChI=1S/C21H25N5O3S3/c1-12-13(2)31-20-18(12)19(22)23-21(24-20)30-11-17(27)26-9-5-6-14-10-15(7-8-16(14)26)32(28,29)25(3)4/h7-8,10H,5-6,9,11H2,1-4H3,(H2,22,23,24). The highest BCUT2D eigenvalue weighted by atomic mass is 32.2. The lowest BCUT2D eigenvalue weighted by Crippen LogP contribution is -2.37. The van der Waals surface area contributed by atoms with E-state index >= 15 is 0 Å². The number of carbonyl (C=O) groups is 1. The molecule has 0 radical (unpaired) electrons. The molecule has 8 nitrogen and oxygen atoms in total. The second-order valence-electron chi connectivity index (χ2n) is 7.87. The Morgan fingerprint density at radius 2 is 2.03 bits per heavy atom. The van der Waals surface area contributed by atoms with Crippen LogP contribution in [0.4, 0.5) is 11.5 Å². The average molecular weight is 492 g/mol. The molecule has 2 aromatic heterocycles. The summed E-state index contributed by atoms with van der Waals surface area (Å²) in [7, 11) is -0.506. The third kappa shape index (κ3) is 4.09. The molecule has 2 N–H and O–H groups in total. The number of hydrogen-bond donors (Lipinski definition) is 1. The molecule has 170 valence electrons. The van der Waals surface area contributed by atoms with E-state index in [1.165, 1.54) is 30.2 Å². The Hall–Kier alpha value is -2.21. The second-order valence-corrected chi connectivity index (χ2v) is 12.2. The first-order valence-electron chi connectivity index (χ1n) is 10.1. The molecule has 3 aromatic rings. The first kappa shape index (κ1) is 23.0. The fourth-order valence-corrected chi connectivity index (χ4v) is 6.51. The predicted molar refractivity (Wildman–Crippen MR) is 130 cm³/mol. The van der Waals surface area contributed by atoms with Crippen LogP contribution in [0.15, 0.2) is 28.3 Å². The van der Waals surface area contributed by atoms with Gasteiger partial charge < -0.3 is 10.6 Å². The molecule has 0 saturated heterocycles. The number of carbonyl (C=O) groups excluding carboxylic acids is 1. The van der Waals surface area contributed by atoms with Crippen LogP contribution in [0.25, 0.3) is 10.2 Å². The number of sulfonamides is 1. The molecule has 1 aliphatic heterocycles. The largest absolute Gasteiger partial charge is 0.383 e. The smallest absolute Gasteiger partial charge is 0.242 e. The van der Waals surface area contributed by atoms with E-state index < -0.39 is 10.0 Å². The minimum Gasteiger partial charge on any atom is -0.383 e. The van der Waals surface area contributed by atoms with E-state index in [4.69, 9.17) is 5.73 Å². The Bertz CT molecular complexity index is 1320. The molecular formula is C21H25N5O3S3. The van der Waals surface area contributed by atoms with Crippen molar-refractivity contribution < 1.29 is 13.2 Å². The summed E-state index contributed by atoms with van der Waals surface area (Å²) in [6.45, 7) is 4.63. The van der Waals surface area contributed by atoms with Crippen molar-refractivity contribution in [1.82, 2.24) is 14.3 Å². The van der Waals surface area contributed by atoms with Gasteiger partial charge in [-0.15, -0.1) is 11.3 Å². The molecule has 1 amide bonds. The van der Waals surface area contributed by atoms with Crippen molar-refractivity contribution in [3.8, 4) is 0 Å². The number of aryl methyl sites for hydroxylation is 3. The maximum absolute atomic E-state index is 13.0. The number of anilines is 2. The molecule has 1 aromatic carbocycles. The van der Waals surface area contributed by atoms with Crippen LogP contribution in [0, 0.1) is 13.8 Å². The Morgan fingerprint density at radius 3 is 2.75 bits per heavy atom. The van der Waals surface area contributed by atoms with Crippen LogP contribution >= 0.6 is 23.1 Å². The molecule has 0 unspecified atom stereocenters. The molecule has 4 rings (SSSR count). The van der Waals surface area contributed by atoms with Crippen molar-refractivity contribution in [3.05, 3.63) is 34.2 Å². The quantitative estimate of drug-likeness (QED) is 0.431. The Kier molecular flexibility index (Phi) is 6.19. The van der Waals surface area contributed by atoms with Crippen molar-refractivity contribution in [2.45, 2.75) is 36.7 Å². The van der Waals surface area contributed by atoms with Gasteiger partial charge in [-0.3, -0.25) is 4.79 Å². The number of hydrogen-bond acceptors (Lipinski definition) is 8. The summed E-state index contributed by atoms with van der Waals surface area (Å²) in [4.78, 5) is 25.9. The van der Waals surface area contributed by atoms with Crippen molar-refractivity contribution in [3.63, 3.8) is 0 Å².